The van der Waals surface area contributed by atoms with Crippen LogP contribution in [0, 0.1) is 0 Å². The van der Waals surface area contributed by atoms with E-state index in [0.29, 0.717) is 0 Å². The molecule has 7 rings (SSSR count). The minimum atomic E-state index is -7.33. The van der Waals surface area contributed by atoms with E-state index in [1.807, 2.05) is 0 Å². The maximum Gasteiger partial charge on any atom is 0.460 e. The molecule has 0 aromatic heterocycles. The van der Waals surface area contributed by atoms with Crippen LogP contribution in [-0.4, -0.2) is 94.4 Å². The van der Waals surface area contributed by atoms with Crippen LogP contribution in [0.1, 0.15) is 41.4 Å². The predicted octanol–water partition coefficient (Wildman–Crippen LogP) is 9.87. The third-order valence-electron chi connectivity index (χ3n) is 9.94. The fourth-order valence-electron chi connectivity index (χ4n) is 7.07. The van der Waals surface area contributed by atoms with Gasteiger partial charge in [-0.15, -0.1) is 0 Å². The van der Waals surface area contributed by atoms with Gasteiger partial charge in [-0.05, 0) is 56.6 Å². The fraction of sp³-hybridized carbons (Fsp3) is 0.294. The van der Waals surface area contributed by atoms with Crippen LogP contribution in [0.4, 0.5) is 79.0 Å². The van der Waals surface area contributed by atoms with Crippen LogP contribution in [0.25, 0.3) is 43.1 Å². The lowest BCUT2D eigenvalue weighted by Gasteiger charge is -2.37. The summed E-state index contributed by atoms with van der Waals surface area (Å²) in [4.78, 5) is 52.2. The number of fused-ring (bicyclic) bond motifs is 2. The number of hydrogen-bond donors (Lipinski definition) is 0. The summed E-state index contributed by atoms with van der Waals surface area (Å²) in [6, 6.07) is 7.39. The van der Waals surface area contributed by atoms with E-state index < -0.39 is 117 Å². The number of hydrogen-bond acceptors (Lipinski definition) is 4. The average molecular weight is 854 g/mol. The summed E-state index contributed by atoms with van der Waals surface area (Å²) in [5.41, 5.74) is -2.89. The predicted molar refractivity (Wildman–Crippen MR) is 160 cm³/mol. The Morgan fingerprint density at radius 3 is 0.759 bits per heavy atom. The lowest BCUT2D eigenvalue weighted by atomic mass is 9.82. The molecule has 0 saturated heterocycles. The second-order valence-electron chi connectivity index (χ2n) is 13.2. The summed E-state index contributed by atoms with van der Waals surface area (Å²) in [6.45, 7) is -5.90. The van der Waals surface area contributed by atoms with Crippen LogP contribution >= 0.6 is 0 Å². The smallest absolute Gasteiger partial charge is 0.269 e. The highest BCUT2D eigenvalue weighted by Crippen LogP contribution is 2.55. The Labute approximate surface area is 306 Å². The molecule has 4 amide bonds. The zero-order valence-electron chi connectivity index (χ0n) is 27.4. The molecule has 0 N–H and O–H groups in total. The van der Waals surface area contributed by atoms with Crippen LogP contribution < -0.4 is 0 Å². The molecule has 0 unspecified atom stereocenters. The van der Waals surface area contributed by atoms with Crippen molar-refractivity contribution in [3.63, 3.8) is 0 Å². The number of amides is 4. The molecule has 0 spiro atoms. The molecule has 2 aliphatic heterocycles. The molecule has 5 aromatic carbocycles. The monoisotopic (exact) mass is 854 g/mol. The summed E-state index contributed by atoms with van der Waals surface area (Å²) >= 11 is 0. The van der Waals surface area contributed by atoms with Gasteiger partial charge in [0.25, 0.3) is 23.6 Å². The van der Waals surface area contributed by atoms with Crippen molar-refractivity contribution in [2.45, 2.75) is 47.9 Å². The number of halogens is 18. The molecule has 5 aromatic rings. The number of alkyl halides is 18. The first-order chi connectivity index (χ1) is 26.3. The van der Waals surface area contributed by atoms with Gasteiger partial charge >= 0.3 is 47.9 Å². The van der Waals surface area contributed by atoms with Gasteiger partial charge in [-0.3, -0.25) is 29.0 Å². The number of imide groups is 2. The van der Waals surface area contributed by atoms with Gasteiger partial charge in [-0.1, -0.05) is 24.3 Å². The molecule has 308 valence electrons. The number of carbonyl (C=O) groups is 4. The normalized spacial score (nSPS) is 16.7. The number of nitrogens with zero attached hydrogens (tertiary/aromatic N) is 2. The molecule has 0 atom stereocenters. The molecule has 2 heterocycles. The molecular weight excluding hydrogens is 842 g/mol. The van der Waals surface area contributed by atoms with E-state index in [1.54, 1.807) is 0 Å². The van der Waals surface area contributed by atoms with E-state index in [9.17, 15) is 98.2 Å². The van der Waals surface area contributed by atoms with E-state index in [1.165, 1.54) is 0 Å². The maximum atomic E-state index is 14.6. The maximum absolute atomic E-state index is 14.6. The third kappa shape index (κ3) is 4.91. The van der Waals surface area contributed by atoms with Crippen molar-refractivity contribution in [1.29, 1.82) is 0 Å². The Morgan fingerprint density at radius 2 is 0.552 bits per heavy atom. The summed E-state index contributed by atoms with van der Waals surface area (Å²) in [5, 5.41) is -0.974. The lowest BCUT2D eigenvalue weighted by molar-refractivity contribution is -0.395. The Bertz CT molecular complexity index is 2370. The van der Waals surface area contributed by atoms with Crippen molar-refractivity contribution in [1.82, 2.24) is 9.80 Å². The minimum absolute atomic E-state index is 0.00887. The lowest BCUT2D eigenvalue weighted by Crippen LogP contribution is -2.64. The largest absolute Gasteiger partial charge is 0.460 e. The Balaban J connectivity index is 1.34. The van der Waals surface area contributed by atoms with Gasteiger partial charge in [0.15, 0.2) is 0 Å². The van der Waals surface area contributed by atoms with Gasteiger partial charge in [0.1, 0.15) is 0 Å². The first kappa shape index (κ1) is 40.6. The number of carbonyl (C=O) groups excluding carboxylic acids is 4. The minimum Gasteiger partial charge on any atom is -0.269 e. The Kier molecular flexibility index (Phi) is 8.08. The van der Waals surface area contributed by atoms with E-state index in [-0.39, 0.29) is 43.1 Å². The van der Waals surface area contributed by atoms with Gasteiger partial charge in [0.2, 0.25) is 0 Å². The van der Waals surface area contributed by atoms with Crippen LogP contribution in [0.15, 0.2) is 48.5 Å². The molecule has 0 saturated carbocycles. The molecule has 6 nitrogen and oxygen atoms in total. The average Bonchev–Trinajstić information content (AvgIpc) is 3.11. The van der Waals surface area contributed by atoms with Crippen molar-refractivity contribution in [2.75, 3.05) is 13.1 Å². The van der Waals surface area contributed by atoms with Gasteiger partial charge in [0, 0.05) is 33.0 Å². The third-order valence-corrected chi connectivity index (χ3v) is 9.94. The highest BCUT2D eigenvalue weighted by molar-refractivity contribution is 6.41. The summed E-state index contributed by atoms with van der Waals surface area (Å²) in [6.07, 6.45) is -14.4. The van der Waals surface area contributed by atoms with Gasteiger partial charge < -0.3 is 0 Å². The molecule has 0 aliphatic carbocycles. The molecule has 0 bridgehead atoms. The molecule has 58 heavy (non-hydrogen) atoms. The molecule has 2 aliphatic rings. The van der Waals surface area contributed by atoms with Crippen LogP contribution in [0.2, 0.25) is 0 Å². The second kappa shape index (κ2) is 11.5. The van der Waals surface area contributed by atoms with Crippen molar-refractivity contribution in [3.05, 3.63) is 70.8 Å². The van der Waals surface area contributed by atoms with Gasteiger partial charge in [-0.2, -0.15) is 79.0 Å². The SMILES string of the molecule is O=C1c2ccc3c4ccc5c6c(ccc(c7ccc(c2c37)C(=O)N1CC(F)(F)C(F)(F)C(F)(F)C(F)(F)F)c64)C(=O)N(CC(F)(F)C(F)(F)C(F)(F)C(F)(F)F)C5=O. The van der Waals surface area contributed by atoms with E-state index >= 15 is 0 Å². The standard InChI is InChI=1S/C34H12F18N2O4/c35-27(36,29(39,40)31(43,44)33(47,48)49)9-53-23(55)15-5-1-11-12-2-6-17-22-18(8-4-14(20(12)22)13-3-7-16(24(53)56)21(15)19(11)13)26(58)54(25(17)57)10-28(37,38)30(41,42)32(45,46)34(50,51)52/h1-8H,9-10H2. The van der Waals surface area contributed by atoms with Gasteiger partial charge in [-0.25, -0.2) is 0 Å². The van der Waals surface area contributed by atoms with Crippen molar-refractivity contribution >= 4 is 66.7 Å². The van der Waals surface area contributed by atoms with E-state index in [0.717, 1.165) is 48.5 Å². The topological polar surface area (TPSA) is 74.8 Å². The van der Waals surface area contributed by atoms with Crippen LogP contribution in [0.3, 0.4) is 0 Å². The number of rotatable bonds is 8. The summed E-state index contributed by atoms with van der Waals surface area (Å²) in [7, 11) is 0. The fourth-order valence-corrected chi connectivity index (χ4v) is 7.07. The van der Waals surface area contributed by atoms with Crippen molar-refractivity contribution < 1.29 is 98.2 Å². The van der Waals surface area contributed by atoms with Crippen molar-refractivity contribution in [3.8, 4) is 0 Å². The molecule has 0 radical (unpaired) electrons. The quantitative estimate of drug-likeness (QED) is 0.0675. The van der Waals surface area contributed by atoms with Crippen LogP contribution in [0.5, 0.6) is 0 Å². The highest BCUT2D eigenvalue weighted by Gasteiger charge is 2.83. The Hall–Kier alpha value is -5.58. The zero-order chi connectivity index (χ0) is 43.5. The highest BCUT2D eigenvalue weighted by atomic mass is 19.4. The number of benzene rings is 5. The first-order valence-corrected chi connectivity index (χ1v) is 15.6. The summed E-state index contributed by atoms with van der Waals surface area (Å²) < 4.78 is 245. The molecular formula is C34H12F18N2O4. The first-order valence-electron chi connectivity index (χ1n) is 15.6. The molecule has 0 fully saturated rings. The van der Waals surface area contributed by atoms with Gasteiger partial charge in [0.05, 0.1) is 13.1 Å². The van der Waals surface area contributed by atoms with Crippen molar-refractivity contribution in [2.24, 2.45) is 0 Å². The second-order valence-corrected chi connectivity index (χ2v) is 13.2. The van der Waals surface area contributed by atoms with Crippen LogP contribution in [-0.2, 0) is 0 Å². The molecule has 24 heteroatoms. The van der Waals surface area contributed by atoms with E-state index in [2.05, 4.69) is 0 Å². The van der Waals surface area contributed by atoms with E-state index in [4.69, 9.17) is 0 Å². The Morgan fingerprint density at radius 1 is 0.328 bits per heavy atom. The zero-order valence-corrected chi connectivity index (χ0v) is 27.4. The summed E-state index contributed by atoms with van der Waals surface area (Å²) in [5.74, 6) is -49.1.